The number of amides is 3. The van der Waals surface area contributed by atoms with Crippen molar-refractivity contribution in [2.75, 3.05) is 50.9 Å². The van der Waals surface area contributed by atoms with Crippen LogP contribution in [-0.4, -0.2) is 115 Å². The fraction of sp³-hybridized carbons (Fsp3) is 0.714. The van der Waals surface area contributed by atoms with E-state index in [0.717, 1.165) is 12.8 Å². The highest BCUT2D eigenvalue weighted by molar-refractivity contribution is 7.88. The van der Waals surface area contributed by atoms with E-state index in [2.05, 4.69) is 15.5 Å². The van der Waals surface area contributed by atoms with E-state index in [-0.39, 0.29) is 53.1 Å². The zero-order valence-corrected chi connectivity index (χ0v) is 30.6. The predicted molar refractivity (Wildman–Crippen MR) is 187 cm³/mol. The average molecular weight is 706 g/mol. The van der Waals surface area contributed by atoms with Crippen LogP contribution in [-0.2, 0) is 30.8 Å². The van der Waals surface area contributed by atoms with E-state index in [1.165, 1.54) is 16.6 Å². The lowest BCUT2D eigenvalue weighted by Crippen LogP contribution is -2.52. The highest BCUT2D eigenvalue weighted by atomic mass is 32.2. The molecule has 1 saturated carbocycles. The molecule has 274 valence electrons. The molecule has 14 heteroatoms. The summed E-state index contributed by atoms with van der Waals surface area (Å²) in [5, 5.41) is 15.6. The average Bonchev–Trinajstić information content (AvgIpc) is 3.49. The molecule has 0 spiro atoms. The van der Waals surface area contributed by atoms with Crippen molar-refractivity contribution in [2.24, 2.45) is 23.7 Å². The van der Waals surface area contributed by atoms with E-state index in [1.54, 1.807) is 17.0 Å². The smallest absolute Gasteiger partial charge is 0.407 e. The number of sulfonamides is 1. The van der Waals surface area contributed by atoms with E-state index in [1.807, 2.05) is 34.6 Å². The van der Waals surface area contributed by atoms with Crippen molar-refractivity contribution >= 4 is 39.6 Å². The second-order valence-electron chi connectivity index (χ2n) is 14.9. The number of nitrogens with one attached hydrogen (secondary N) is 2. The van der Waals surface area contributed by atoms with Crippen molar-refractivity contribution in [3.05, 3.63) is 29.3 Å². The Kier molecular flexibility index (Phi) is 13.1. The molecule has 0 radical (unpaired) electrons. The first-order valence-electron chi connectivity index (χ1n) is 17.6. The Labute approximate surface area is 291 Å². The summed E-state index contributed by atoms with van der Waals surface area (Å²) in [6.07, 6.45) is 4.55. The summed E-state index contributed by atoms with van der Waals surface area (Å²) >= 11 is 0. The van der Waals surface area contributed by atoms with Gasteiger partial charge < -0.3 is 25.4 Å². The Morgan fingerprint density at radius 2 is 1.61 bits per heavy atom. The van der Waals surface area contributed by atoms with Crippen molar-refractivity contribution in [3.8, 4) is 0 Å². The van der Waals surface area contributed by atoms with E-state index < -0.39 is 28.1 Å². The van der Waals surface area contributed by atoms with Gasteiger partial charge in [0.25, 0.3) is 0 Å². The van der Waals surface area contributed by atoms with Crippen molar-refractivity contribution in [3.63, 3.8) is 0 Å². The highest BCUT2D eigenvalue weighted by Gasteiger charge is 2.45. The van der Waals surface area contributed by atoms with Gasteiger partial charge in [0.05, 0.1) is 18.4 Å². The van der Waals surface area contributed by atoms with Crippen LogP contribution in [0, 0.1) is 23.7 Å². The van der Waals surface area contributed by atoms with Gasteiger partial charge in [-0.3, -0.25) is 14.5 Å². The molecule has 1 aromatic rings. The minimum Gasteiger partial charge on any atom is -0.478 e. The Hall–Kier alpha value is -3.23. The second-order valence-corrected chi connectivity index (χ2v) is 16.9. The van der Waals surface area contributed by atoms with E-state index >= 15 is 0 Å². The van der Waals surface area contributed by atoms with Crippen LogP contribution in [0.25, 0.3) is 0 Å². The van der Waals surface area contributed by atoms with Crippen LogP contribution in [0.3, 0.4) is 0 Å². The van der Waals surface area contributed by atoms with Gasteiger partial charge in [0.2, 0.25) is 21.8 Å². The number of nitrogens with zero attached hydrogens (tertiary/aromatic N) is 3. The normalized spacial score (nSPS) is 24.5. The lowest BCUT2D eigenvalue weighted by atomic mass is 9.78. The monoisotopic (exact) mass is 705 g/mol. The highest BCUT2D eigenvalue weighted by Crippen LogP contribution is 2.35. The third-order valence-corrected chi connectivity index (χ3v) is 11.4. The maximum atomic E-state index is 14.2. The van der Waals surface area contributed by atoms with Gasteiger partial charge in [-0.25, -0.2) is 18.0 Å². The molecule has 4 rings (SSSR count). The summed E-state index contributed by atoms with van der Waals surface area (Å²) in [4.78, 5) is 56.0. The number of carbonyl (C=O) groups excluding carboxylic acids is 3. The number of benzene rings is 1. The predicted octanol–water partition coefficient (Wildman–Crippen LogP) is 3.65. The van der Waals surface area contributed by atoms with E-state index in [9.17, 15) is 32.7 Å². The molecule has 49 heavy (non-hydrogen) atoms. The summed E-state index contributed by atoms with van der Waals surface area (Å²) in [5.74, 6) is -0.990. The number of piperazine rings is 1. The maximum Gasteiger partial charge on any atom is 0.407 e. The standard InChI is InChI=1S/C35H55N5O8S/c1-22(2)17-27-18-28(11-12-30(27)34(43)44)37-32(41)31-19-29(38-13-15-39(16-14-38)49(6,46)47)20-40(31)33(42)26-9-7-25(8-10-26)24(5)36-35(45)48-21-23(3)4/h11-12,18,22-26,29,31H,7-10,13-17,19-21H2,1-6H3,(H,36,45)(H,37,41)(H,43,44)/t24-,25?,26?,29-,31-/m0/s1. The van der Waals surface area contributed by atoms with Crippen LogP contribution in [0.4, 0.5) is 10.5 Å². The van der Waals surface area contributed by atoms with Gasteiger partial charge in [-0.05, 0) is 87.0 Å². The summed E-state index contributed by atoms with van der Waals surface area (Å²) in [5.41, 5.74) is 1.32. The SMILES string of the molecule is CC(C)COC(=O)N[C@@H](C)C1CCC(C(=O)N2C[C@@H](N3CCN(S(C)(=O)=O)CC3)C[C@H]2C(=O)Nc2ccc(C(=O)O)c(CC(C)C)c2)CC1. The van der Waals surface area contributed by atoms with Crippen LogP contribution in [0.2, 0.25) is 0 Å². The number of carboxylic acid groups (broad SMARTS) is 1. The van der Waals surface area contributed by atoms with E-state index in [0.29, 0.717) is 76.3 Å². The van der Waals surface area contributed by atoms with Crippen molar-refractivity contribution in [1.82, 2.24) is 19.4 Å². The Balaban J connectivity index is 1.46. The number of anilines is 1. The molecular weight excluding hydrogens is 650 g/mol. The first-order valence-corrected chi connectivity index (χ1v) is 19.5. The van der Waals surface area contributed by atoms with Gasteiger partial charge in [-0.2, -0.15) is 4.31 Å². The molecule has 0 bridgehead atoms. The third kappa shape index (κ3) is 10.4. The molecule has 2 heterocycles. The van der Waals surface area contributed by atoms with Crippen LogP contribution in [0.15, 0.2) is 18.2 Å². The van der Waals surface area contributed by atoms with Gasteiger partial charge >= 0.3 is 12.1 Å². The first-order chi connectivity index (χ1) is 23.0. The summed E-state index contributed by atoms with van der Waals surface area (Å²) in [6, 6.07) is 3.87. The Morgan fingerprint density at radius 1 is 0.959 bits per heavy atom. The number of alkyl carbamates (subject to hydrolysis) is 1. The topological polar surface area (TPSA) is 166 Å². The van der Waals surface area contributed by atoms with Gasteiger partial charge in [-0.1, -0.05) is 27.7 Å². The number of hydrogen-bond acceptors (Lipinski definition) is 8. The fourth-order valence-electron chi connectivity index (χ4n) is 7.37. The van der Waals surface area contributed by atoms with Crippen molar-refractivity contribution < 1.29 is 37.4 Å². The van der Waals surface area contributed by atoms with Gasteiger partial charge in [0.1, 0.15) is 6.04 Å². The number of ether oxygens (including phenoxy) is 1. The Morgan fingerprint density at radius 3 is 2.18 bits per heavy atom. The van der Waals surface area contributed by atoms with Gasteiger partial charge in [0, 0.05) is 56.4 Å². The molecule has 3 fully saturated rings. The summed E-state index contributed by atoms with van der Waals surface area (Å²) in [6.45, 7) is 12.4. The number of hydrogen-bond donors (Lipinski definition) is 3. The molecule has 3 amide bonds. The number of aromatic carboxylic acids is 1. The molecule has 3 aliphatic rings. The number of carboxylic acids is 1. The number of carbonyl (C=O) groups is 4. The molecule has 13 nitrogen and oxygen atoms in total. The zero-order valence-electron chi connectivity index (χ0n) is 29.8. The second kappa shape index (κ2) is 16.7. The quantitative estimate of drug-likeness (QED) is 0.294. The maximum absolute atomic E-state index is 14.2. The molecule has 3 N–H and O–H groups in total. The van der Waals surface area contributed by atoms with Crippen LogP contribution in [0.1, 0.15) is 82.6 Å². The van der Waals surface area contributed by atoms with Gasteiger partial charge in [0.15, 0.2) is 0 Å². The van der Waals surface area contributed by atoms with Crippen molar-refractivity contribution in [1.29, 1.82) is 0 Å². The largest absolute Gasteiger partial charge is 0.478 e. The first kappa shape index (κ1) is 38.6. The van der Waals surface area contributed by atoms with Crippen molar-refractivity contribution in [2.45, 2.75) is 91.3 Å². The molecule has 2 saturated heterocycles. The lowest BCUT2D eigenvalue weighted by Gasteiger charge is -2.37. The lowest BCUT2D eigenvalue weighted by molar-refractivity contribution is -0.141. The molecule has 2 aliphatic heterocycles. The zero-order chi connectivity index (χ0) is 36.0. The summed E-state index contributed by atoms with van der Waals surface area (Å²) < 4.78 is 30.9. The van der Waals surface area contributed by atoms with Crippen LogP contribution >= 0.6 is 0 Å². The molecule has 0 aromatic heterocycles. The molecule has 1 aromatic carbocycles. The molecular formula is C35H55N5O8S. The number of likely N-dealkylation sites (tertiary alicyclic amines) is 1. The van der Waals surface area contributed by atoms with E-state index in [4.69, 9.17) is 4.74 Å². The molecule has 1 aliphatic carbocycles. The third-order valence-electron chi connectivity index (χ3n) is 10.1. The minimum atomic E-state index is -3.30. The summed E-state index contributed by atoms with van der Waals surface area (Å²) in [7, 11) is -3.30. The Bertz CT molecular complexity index is 1450. The molecule has 0 unspecified atom stereocenters. The minimum absolute atomic E-state index is 0.0606. The number of rotatable bonds is 12. The van der Waals surface area contributed by atoms with Crippen LogP contribution < -0.4 is 10.6 Å². The fourth-order valence-corrected chi connectivity index (χ4v) is 8.20. The molecule has 3 atom stereocenters. The van der Waals surface area contributed by atoms with Crippen LogP contribution in [0.5, 0.6) is 0 Å². The van der Waals surface area contributed by atoms with Gasteiger partial charge in [-0.15, -0.1) is 0 Å².